The number of aryl methyl sites for hydroxylation is 2. The van der Waals surface area contributed by atoms with Gasteiger partial charge in [0, 0.05) is 24.8 Å². The molecule has 1 aliphatic rings. The van der Waals surface area contributed by atoms with Crippen LogP contribution < -0.4 is 0 Å². The van der Waals surface area contributed by atoms with Crippen LogP contribution in [0.15, 0.2) is 6.20 Å². The summed E-state index contributed by atoms with van der Waals surface area (Å²) in [5.74, 6) is -0.705. The van der Waals surface area contributed by atoms with Crippen molar-refractivity contribution in [3.05, 3.63) is 17.5 Å². The first-order valence-corrected chi connectivity index (χ1v) is 6.49. The standard InChI is InChI=1S/C13H21N3O2/c1-9-11(8-15(3)14-9)10(2)16-7-5-4-6-12(16)13(17)18/h8,10,12H,4-7H2,1-3H3,(H,17,18). The summed E-state index contributed by atoms with van der Waals surface area (Å²) in [6, 6.07) is -0.242. The predicted octanol–water partition coefficient (Wildman–Crippen LogP) is 1.73. The number of carboxylic acid groups (broad SMARTS) is 1. The number of nitrogens with zero attached hydrogens (tertiary/aromatic N) is 3. The van der Waals surface area contributed by atoms with E-state index >= 15 is 0 Å². The molecule has 0 bridgehead atoms. The van der Waals surface area contributed by atoms with Crippen LogP contribution >= 0.6 is 0 Å². The molecule has 0 spiro atoms. The Morgan fingerprint density at radius 1 is 1.56 bits per heavy atom. The van der Waals surface area contributed by atoms with E-state index in [0.717, 1.165) is 37.1 Å². The number of carbonyl (C=O) groups is 1. The van der Waals surface area contributed by atoms with Gasteiger partial charge in [0.15, 0.2) is 0 Å². The number of aliphatic carboxylic acids is 1. The Morgan fingerprint density at radius 2 is 2.28 bits per heavy atom. The van der Waals surface area contributed by atoms with Crippen LogP contribution in [-0.4, -0.2) is 38.3 Å². The fourth-order valence-corrected chi connectivity index (χ4v) is 2.89. The second-order valence-corrected chi connectivity index (χ2v) is 5.11. The van der Waals surface area contributed by atoms with Crippen LogP contribution in [0, 0.1) is 6.92 Å². The molecular formula is C13H21N3O2. The number of piperidine rings is 1. The summed E-state index contributed by atoms with van der Waals surface area (Å²) in [5, 5.41) is 13.7. The molecule has 1 saturated heterocycles. The molecule has 1 fully saturated rings. The van der Waals surface area contributed by atoms with Gasteiger partial charge in [-0.05, 0) is 33.2 Å². The molecule has 2 atom stereocenters. The first kappa shape index (κ1) is 13.1. The minimum atomic E-state index is -0.705. The number of aromatic nitrogens is 2. The van der Waals surface area contributed by atoms with Crippen molar-refractivity contribution in [3.63, 3.8) is 0 Å². The van der Waals surface area contributed by atoms with E-state index in [4.69, 9.17) is 0 Å². The van der Waals surface area contributed by atoms with Crippen LogP contribution in [0.5, 0.6) is 0 Å². The van der Waals surface area contributed by atoms with E-state index in [1.54, 1.807) is 4.68 Å². The monoisotopic (exact) mass is 251 g/mol. The van der Waals surface area contributed by atoms with Crippen LogP contribution in [0.2, 0.25) is 0 Å². The molecule has 1 aromatic heterocycles. The molecule has 2 heterocycles. The minimum Gasteiger partial charge on any atom is -0.480 e. The lowest BCUT2D eigenvalue weighted by molar-refractivity contribution is -0.145. The maximum absolute atomic E-state index is 11.3. The maximum atomic E-state index is 11.3. The lowest BCUT2D eigenvalue weighted by atomic mass is 9.97. The molecule has 18 heavy (non-hydrogen) atoms. The largest absolute Gasteiger partial charge is 0.480 e. The van der Waals surface area contributed by atoms with Gasteiger partial charge < -0.3 is 5.11 Å². The molecular weight excluding hydrogens is 230 g/mol. The Hall–Kier alpha value is -1.36. The van der Waals surface area contributed by atoms with E-state index in [2.05, 4.69) is 16.9 Å². The highest BCUT2D eigenvalue weighted by Gasteiger charge is 2.33. The van der Waals surface area contributed by atoms with Crippen molar-refractivity contribution in [2.75, 3.05) is 6.54 Å². The van der Waals surface area contributed by atoms with E-state index < -0.39 is 5.97 Å². The summed E-state index contributed by atoms with van der Waals surface area (Å²) in [6.07, 6.45) is 4.83. The number of rotatable bonds is 3. The molecule has 0 aromatic carbocycles. The molecule has 1 aliphatic heterocycles. The van der Waals surface area contributed by atoms with E-state index in [-0.39, 0.29) is 12.1 Å². The number of likely N-dealkylation sites (tertiary alicyclic amines) is 1. The van der Waals surface area contributed by atoms with E-state index in [1.807, 2.05) is 20.2 Å². The van der Waals surface area contributed by atoms with Gasteiger partial charge in [0.2, 0.25) is 0 Å². The first-order valence-electron chi connectivity index (χ1n) is 6.49. The lowest BCUT2D eigenvalue weighted by Gasteiger charge is -2.37. The van der Waals surface area contributed by atoms with Crippen molar-refractivity contribution >= 4 is 5.97 Å². The molecule has 2 rings (SSSR count). The van der Waals surface area contributed by atoms with Gasteiger partial charge in [-0.15, -0.1) is 0 Å². The molecule has 1 aromatic rings. The molecule has 100 valence electrons. The van der Waals surface area contributed by atoms with Crippen molar-refractivity contribution < 1.29 is 9.90 Å². The van der Waals surface area contributed by atoms with Crippen molar-refractivity contribution in [1.82, 2.24) is 14.7 Å². The summed E-state index contributed by atoms with van der Waals surface area (Å²) in [4.78, 5) is 13.4. The van der Waals surface area contributed by atoms with Crippen LogP contribution in [0.4, 0.5) is 0 Å². The van der Waals surface area contributed by atoms with Crippen LogP contribution in [0.1, 0.15) is 43.5 Å². The smallest absolute Gasteiger partial charge is 0.320 e. The van der Waals surface area contributed by atoms with Crippen LogP contribution in [-0.2, 0) is 11.8 Å². The number of carboxylic acids is 1. The zero-order valence-corrected chi connectivity index (χ0v) is 11.3. The fourth-order valence-electron chi connectivity index (χ4n) is 2.89. The molecule has 0 radical (unpaired) electrons. The van der Waals surface area contributed by atoms with Gasteiger partial charge in [0.25, 0.3) is 0 Å². The molecule has 0 saturated carbocycles. The Bertz CT molecular complexity index is 441. The highest BCUT2D eigenvalue weighted by atomic mass is 16.4. The maximum Gasteiger partial charge on any atom is 0.320 e. The third-order valence-corrected chi connectivity index (χ3v) is 3.83. The van der Waals surface area contributed by atoms with Crippen molar-refractivity contribution in [1.29, 1.82) is 0 Å². The average molecular weight is 251 g/mol. The van der Waals surface area contributed by atoms with Gasteiger partial charge in [-0.1, -0.05) is 6.42 Å². The van der Waals surface area contributed by atoms with Gasteiger partial charge in [-0.2, -0.15) is 5.10 Å². The van der Waals surface area contributed by atoms with Crippen LogP contribution in [0.3, 0.4) is 0 Å². The summed E-state index contributed by atoms with van der Waals surface area (Å²) in [5.41, 5.74) is 2.12. The van der Waals surface area contributed by atoms with E-state index in [0.29, 0.717) is 0 Å². The SMILES string of the molecule is Cc1nn(C)cc1C(C)N1CCCCC1C(=O)O. The highest BCUT2D eigenvalue weighted by molar-refractivity contribution is 5.73. The normalized spacial score (nSPS) is 22.9. The zero-order valence-electron chi connectivity index (χ0n) is 11.3. The summed E-state index contributed by atoms with van der Waals surface area (Å²) < 4.78 is 1.79. The summed E-state index contributed by atoms with van der Waals surface area (Å²) in [6.45, 7) is 4.91. The fraction of sp³-hybridized carbons (Fsp3) is 0.692. The first-order chi connectivity index (χ1) is 8.50. The van der Waals surface area contributed by atoms with Gasteiger partial charge in [0.1, 0.15) is 6.04 Å². The van der Waals surface area contributed by atoms with Gasteiger partial charge in [0.05, 0.1) is 5.69 Å². The minimum absolute atomic E-state index is 0.111. The third-order valence-electron chi connectivity index (χ3n) is 3.83. The van der Waals surface area contributed by atoms with E-state index in [1.165, 1.54) is 0 Å². The second-order valence-electron chi connectivity index (χ2n) is 5.11. The van der Waals surface area contributed by atoms with Gasteiger partial charge >= 0.3 is 5.97 Å². The molecule has 5 nitrogen and oxygen atoms in total. The number of hydrogen-bond acceptors (Lipinski definition) is 3. The Kier molecular flexibility index (Phi) is 3.71. The van der Waals surface area contributed by atoms with Gasteiger partial charge in [-0.25, -0.2) is 0 Å². The molecule has 1 N–H and O–H groups in total. The summed E-state index contributed by atoms with van der Waals surface area (Å²) in [7, 11) is 1.90. The highest BCUT2D eigenvalue weighted by Crippen LogP contribution is 2.29. The number of hydrogen-bond donors (Lipinski definition) is 1. The Morgan fingerprint density at radius 3 is 2.83 bits per heavy atom. The van der Waals surface area contributed by atoms with Crippen molar-refractivity contribution in [3.8, 4) is 0 Å². The Balaban J connectivity index is 2.23. The van der Waals surface area contributed by atoms with Crippen LogP contribution in [0.25, 0.3) is 0 Å². The molecule has 5 heteroatoms. The summed E-state index contributed by atoms with van der Waals surface area (Å²) >= 11 is 0. The van der Waals surface area contributed by atoms with Gasteiger partial charge in [-0.3, -0.25) is 14.4 Å². The van der Waals surface area contributed by atoms with E-state index in [9.17, 15) is 9.90 Å². The molecule has 2 unspecified atom stereocenters. The second kappa shape index (κ2) is 5.10. The van der Waals surface area contributed by atoms with Crippen molar-refractivity contribution in [2.24, 2.45) is 7.05 Å². The topological polar surface area (TPSA) is 58.4 Å². The Labute approximate surface area is 107 Å². The quantitative estimate of drug-likeness (QED) is 0.888. The van der Waals surface area contributed by atoms with Crippen molar-refractivity contribution in [2.45, 2.75) is 45.2 Å². The average Bonchev–Trinajstić information content (AvgIpc) is 2.67. The predicted molar refractivity (Wildman–Crippen MR) is 68.3 cm³/mol. The third kappa shape index (κ3) is 2.41. The zero-order chi connectivity index (χ0) is 13.3. The lowest BCUT2D eigenvalue weighted by Crippen LogP contribution is -2.45. The molecule has 0 amide bonds. The molecule has 0 aliphatic carbocycles.